The number of phenols is 1. The zero-order valence-electron chi connectivity index (χ0n) is 11.3. The highest BCUT2D eigenvalue weighted by atomic mass is 16.3. The highest BCUT2D eigenvalue weighted by Gasteiger charge is 2.11. The van der Waals surface area contributed by atoms with E-state index in [2.05, 4.69) is 11.1 Å². The van der Waals surface area contributed by atoms with Crippen LogP contribution in [0, 0.1) is 0 Å². The van der Waals surface area contributed by atoms with Gasteiger partial charge >= 0.3 is 0 Å². The number of hydrogen-bond donors (Lipinski definition) is 3. The van der Waals surface area contributed by atoms with E-state index in [-0.39, 0.29) is 5.75 Å². The van der Waals surface area contributed by atoms with Crippen molar-refractivity contribution in [1.29, 1.82) is 0 Å². The lowest BCUT2D eigenvalue weighted by Gasteiger charge is -2.08. The summed E-state index contributed by atoms with van der Waals surface area (Å²) in [5.41, 5.74) is 10.6. The number of nitrogen functional groups attached to an aromatic ring is 1. The monoisotopic (exact) mass is 274 g/mol. The number of benzene rings is 3. The molecule has 1 heterocycles. The van der Waals surface area contributed by atoms with Crippen LogP contribution in [-0.2, 0) is 0 Å². The molecule has 1 aromatic heterocycles. The second-order valence-corrected chi connectivity index (χ2v) is 5.17. The summed E-state index contributed by atoms with van der Waals surface area (Å²) in [5, 5.41) is 12.3. The molecule has 0 bridgehead atoms. The van der Waals surface area contributed by atoms with Crippen LogP contribution in [0.3, 0.4) is 0 Å². The Balaban J connectivity index is 2.06. The van der Waals surface area contributed by atoms with Gasteiger partial charge in [-0.3, -0.25) is 0 Å². The third-order valence-corrected chi connectivity index (χ3v) is 3.87. The van der Waals surface area contributed by atoms with E-state index in [0.717, 1.165) is 32.9 Å². The fraction of sp³-hybridized carbons (Fsp3) is 0. The molecule has 4 aromatic rings. The predicted molar refractivity (Wildman–Crippen MR) is 87.3 cm³/mol. The Morgan fingerprint density at radius 3 is 2.38 bits per heavy atom. The zero-order chi connectivity index (χ0) is 14.4. The highest BCUT2D eigenvalue weighted by Crippen LogP contribution is 2.37. The Morgan fingerprint density at radius 1 is 0.762 bits per heavy atom. The molecule has 0 radical (unpaired) electrons. The number of rotatable bonds is 1. The molecule has 0 spiro atoms. The molecule has 0 unspecified atom stereocenters. The Hall–Kier alpha value is -2.94. The Bertz CT molecular complexity index is 969. The molecule has 3 heteroatoms. The van der Waals surface area contributed by atoms with Crippen molar-refractivity contribution < 1.29 is 5.11 Å². The summed E-state index contributed by atoms with van der Waals surface area (Å²) in [6.07, 6.45) is 0. The van der Waals surface area contributed by atoms with Crippen molar-refractivity contribution in [2.45, 2.75) is 0 Å². The number of phenolic OH excluding ortho intramolecular Hbond substituents is 1. The van der Waals surface area contributed by atoms with Crippen LogP contribution in [0.25, 0.3) is 32.9 Å². The molecule has 4 rings (SSSR count). The third kappa shape index (κ3) is 1.75. The lowest BCUT2D eigenvalue weighted by molar-refractivity contribution is 0.477. The molecule has 102 valence electrons. The van der Waals surface area contributed by atoms with E-state index < -0.39 is 0 Å². The first-order valence-electron chi connectivity index (χ1n) is 6.82. The number of aromatic hydroxyl groups is 1. The lowest BCUT2D eigenvalue weighted by Crippen LogP contribution is -1.90. The molecule has 0 aliphatic heterocycles. The Kier molecular flexibility index (Phi) is 2.42. The molecule has 0 aliphatic carbocycles. The fourth-order valence-corrected chi connectivity index (χ4v) is 2.85. The van der Waals surface area contributed by atoms with E-state index in [1.54, 1.807) is 12.1 Å². The maximum absolute atomic E-state index is 10.0. The number of H-pyrrole nitrogens is 1. The van der Waals surface area contributed by atoms with Crippen LogP contribution < -0.4 is 5.73 Å². The third-order valence-electron chi connectivity index (χ3n) is 3.87. The molecule has 3 aromatic carbocycles. The maximum atomic E-state index is 10.0. The van der Waals surface area contributed by atoms with Gasteiger partial charge in [0.1, 0.15) is 5.75 Å². The van der Waals surface area contributed by atoms with E-state index in [4.69, 9.17) is 5.73 Å². The SMILES string of the molecule is Nc1cc2c(cc1-c1ccccc1O)[nH]c1ccccc12. The number of para-hydroxylation sites is 2. The van der Waals surface area contributed by atoms with Crippen molar-refractivity contribution in [3.05, 3.63) is 60.7 Å². The van der Waals surface area contributed by atoms with Crippen LogP contribution in [0.2, 0.25) is 0 Å². The van der Waals surface area contributed by atoms with Crippen LogP contribution in [0.15, 0.2) is 60.7 Å². The van der Waals surface area contributed by atoms with Crippen molar-refractivity contribution in [1.82, 2.24) is 4.98 Å². The molecule has 21 heavy (non-hydrogen) atoms. The standard InChI is InChI=1S/C18H14N2O/c19-15-9-14-11-5-1-3-7-16(11)20-17(14)10-13(15)12-6-2-4-8-18(12)21/h1-10,20-21H,19H2. The Labute approximate surface area is 121 Å². The first-order valence-corrected chi connectivity index (χ1v) is 6.82. The minimum absolute atomic E-state index is 0.236. The zero-order valence-corrected chi connectivity index (χ0v) is 11.3. The molecule has 0 saturated carbocycles. The number of aromatic amines is 1. The predicted octanol–water partition coefficient (Wildman–Crippen LogP) is 4.28. The van der Waals surface area contributed by atoms with E-state index >= 15 is 0 Å². The van der Waals surface area contributed by atoms with E-state index in [9.17, 15) is 5.11 Å². The minimum atomic E-state index is 0.236. The normalized spacial score (nSPS) is 11.2. The molecule has 0 aliphatic rings. The van der Waals surface area contributed by atoms with Gasteiger partial charge in [-0.15, -0.1) is 0 Å². The lowest BCUT2D eigenvalue weighted by atomic mass is 10.0. The number of fused-ring (bicyclic) bond motifs is 3. The highest BCUT2D eigenvalue weighted by molar-refractivity contribution is 6.10. The fourth-order valence-electron chi connectivity index (χ4n) is 2.85. The van der Waals surface area contributed by atoms with Crippen LogP contribution in [0.5, 0.6) is 5.75 Å². The first kappa shape index (κ1) is 11.9. The number of hydrogen-bond acceptors (Lipinski definition) is 2. The van der Waals surface area contributed by atoms with Gasteiger partial charge in [-0.05, 0) is 24.3 Å². The summed E-state index contributed by atoms with van der Waals surface area (Å²) >= 11 is 0. The average molecular weight is 274 g/mol. The van der Waals surface area contributed by atoms with Crippen LogP contribution in [0.1, 0.15) is 0 Å². The number of nitrogens with two attached hydrogens (primary N) is 1. The summed E-state index contributed by atoms with van der Waals surface area (Å²) in [5.74, 6) is 0.236. The van der Waals surface area contributed by atoms with E-state index in [0.29, 0.717) is 5.69 Å². The molecule has 4 N–H and O–H groups in total. The van der Waals surface area contributed by atoms with Gasteiger partial charge in [0, 0.05) is 38.6 Å². The molecule has 0 atom stereocenters. The second-order valence-electron chi connectivity index (χ2n) is 5.17. The summed E-state index contributed by atoms with van der Waals surface area (Å²) in [7, 11) is 0. The van der Waals surface area contributed by atoms with Gasteiger partial charge in [-0.1, -0.05) is 36.4 Å². The van der Waals surface area contributed by atoms with Gasteiger partial charge in [-0.2, -0.15) is 0 Å². The van der Waals surface area contributed by atoms with Crippen LogP contribution >= 0.6 is 0 Å². The second kappa shape index (κ2) is 4.28. The van der Waals surface area contributed by atoms with Gasteiger partial charge in [-0.25, -0.2) is 0 Å². The molecule has 0 fully saturated rings. The van der Waals surface area contributed by atoms with Gasteiger partial charge in [0.15, 0.2) is 0 Å². The molecule has 0 amide bonds. The Morgan fingerprint density at radius 2 is 1.52 bits per heavy atom. The quantitative estimate of drug-likeness (QED) is 0.454. The topological polar surface area (TPSA) is 62.0 Å². The maximum Gasteiger partial charge on any atom is 0.123 e. The van der Waals surface area contributed by atoms with Gasteiger partial charge in [0.05, 0.1) is 0 Å². The van der Waals surface area contributed by atoms with Crippen molar-refractivity contribution in [2.75, 3.05) is 5.73 Å². The smallest absolute Gasteiger partial charge is 0.123 e. The van der Waals surface area contributed by atoms with E-state index in [1.807, 2.05) is 42.5 Å². The number of aromatic nitrogens is 1. The molecule has 0 saturated heterocycles. The summed E-state index contributed by atoms with van der Waals surface area (Å²) in [4.78, 5) is 3.40. The van der Waals surface area contributed by atoms with Gasteiger partial charge in [0.25, 0.3) is 0 Å². The summed E-state index contributed by atoms with van der Waals surface area (Å²) in [6.45, 7) is 0. The molecular weight excluding hydrogens is 260 g/mol. The van der Waals surface area contributed by atoms with Gasteiger partial charge in [0.2, 0.25) is 0 Å². The van der Waals surface area contributed by atoms with Crippen LogP contribution in [0.4, 0.5) is 5.69 Å². The summed E-state index contributed by atoms with van der Waals surface area (Å²) in [6, 6.07) is 19.3. The largest absolute Gasteiger partial charge is 0.507 e. The number of nitrogens with one attached hydrogen (secondary N) is 1. The summed E-state index contributed by atoms with van der Waals surface area (Å²) < 4.78 is 0. The van der Waals surface area contributed by atoms with E-state index in [1.165, 1.54) is 0 Å². The van der Waals surface area contributed by atoms with Crippen LogP contribution in [-0.4, -0.2) is 10.1 Å². The van der Waals surface area contributed by atoms with Crippen molar-refractivity contribution >= 4 is 27.5 Å². The number of anilines is 1. The van der Waals surface area contributed by atoms with Crippen molar-refractivity contribution in [2.24, 2.45) is 0 Å². The first-order chi connectivity index (χ1) is 10.2. The van der Waals surface area contributed by atoms with Crippen molar-refractivity contribution in [3.8, 4) is 16.9 Å². The van der Waals surface area contributed by atoms with Gasteiger partial charge < -0.3 is 15.8 Å². The molecule has 3 nitrogen and oxygen atoms in total. The average Bonchev–Trinajstić information content (AvgIpc) is 2.85. The minimum Gasteiger partial charge on any atom is -0.507 e. The molecular formula is C18H14N2O. The van der Waals surface area contributed by atoms with Crippen molar-refractivity contribution in [3.63, 3.8) is 0 Å².